The van der Waals surface area contributed by atoms with Crippen LogP contribution in [0, 0.1) is 12.3 Å². The Balaban J connectivity index is 3.40. The minimum Gasteiger partial charge on any atom is -0.356 e. The first-order valence-electron chi connectivity index (χ1n) is 4.10. The molecule has 1 atom stereocenters. The van der Waals surface area contributed by atoms with Crippen molar-refractivity contribution < 1.29 is 9.47 Å². The molecule has 0 bridgehead atoms. The predicted octanol–water partition coefficient (Wildman–Crippen LogP) is 1.96. The smallest absolute Gasteiger partial charge is 0.147 e. The molecule has 68 valence electrons. The van der Waals surface area contributed by atoms with Gasteiger partial charge in [0.2, 0.25) is 0 Å². The highest BCUT2D eigenvalue weighted by Gasteiger charge is 2.01. The molecule has 2 heteroatoms. The van der Waals surface area contributed by atoms with Crippen LogP contribution in [0.25, 0.3) is 0 Å². The fraction of sp³-hybridized carbons (Fsp3) is 0.600. The molecule has 12 heavy (non-hydrogen) atoms. The Morgan fingerprint density at radius 1 is 1.67 bits per heavy atom. The Morgan fingerprint density at radius 2 is 2.42 bits per heavy atom. The van der Waals surface area contributed by atoms with Gasteiger partial charge in [-0.25, -0.2) is 0 Å². The molecule has 0 spiro atoms. The maximum atomic E-state index is 5.30. The highest BCUT2D eigenvalue weighted by molar-refractivity contribution is 4.88. The van der Waals surface area contributed by atoms with Gasteiger partial charge in [-0.15, -0.1) is 18.9 Å². The van der Waals surface area contributed by atoms with Crippen LogP contribution in [0.4, 0.5) is 0 Å². The lowest BCUT2D eigenvalue weighted by atomic mass is 10.2. The van der Waals surface area contributed by atoms with Gasteiger partial charge >= 0.3 is 0 Å². The molecule has 0 N–H and O–H groups in total. The van der Waals surface area contributed by atoms with Gasteiger partial charge in [-0.05, 0) is 13.3 Å². The number of ether oxygens (including phenoxy) is 2. The second-order valence-electron chi connectivity index (χ2n) is 2.29. The molecule has 0 saturated carbocycles. The fourth-order valence-corrected chi connectivity index (χ4v) is 0.714. The Kier molecular flexibility index (Phi) is 7.78. The quantitative estimate of drug-likeness (QED) is 0.250. The SMILES string of the molecule is C#CCCC(C=C)OCOCC. The first kappa shape index (κ1) is 11.2. The average Bonchev–Trinajstić information content (AvgIpc) is 2.11. The molecule has 0 aromatic rings. The number of hydrogen-bond acceptors (Lipinski definition) is 2. The standard InChI is InChI=1S/C10H16O2/c1-4-7-8-10(5-2)12-9-11-6-3/h1,5,10H,2,6-9H2,3H3. The van der Waals surface area contributed by atoms with Crippen LogP contribution in [0.15, 0.2) is 12.7 Å². The molecule has 0 aromatic carbocycles. The van der Waals surface area contributed by atoms with Crippen LogP contribution in [-0.2, 0) is 9.47 Å². The van der Waals surface area contributed by atoms with Crippen LogP contribution in [0.5, 0.6) is 0 Å². The van der Waals surface area contributed by atoms with E-state index in [1.54, 1.807) is 6.08 Å². The summed E-state index contributed by atoms with van der Waals surface area (Å²) in [5.41, 5.74) is 0. The largest absolute Gasteiger partial charge is 0.356 e. The normalized spacial score (nSPS) is 12.0. The number of terminal acetylenes is 1. The average molecular weight is 168 g/mol. The van der Waals surface area contributed by atoms with Crippen molar-refractivity contribution in [2.75, 3.05) is 13.4 Å². The molecule has 0 heterocycles. The van der Waals surface area contributed by atoms with E-state index in [9.17, 15) is 0 Å². The molecule has 0 aliphatic rings. The van der Waals surface area contributed by atoms with Crippen molar-refractivity contribution >= 4 is 0 Å². The van der Waals surface area contributed by atoms with Gasteiger partial charge in [-0.1, -0.05) is 6.08 Å². The Hall–Kier alpha value is -0.780. The van der Waals surface area contributed by atoms with Crippen LogP contribution in [0.2, 0.25) is 0 Å². The van der Waals surface area contributed by atoms with Gasteiger partial charge in [0, 0.05) is 13.0 Å². The van der Waals surface area contributed by atoms with E-state index in [0.717, 1.165) is 6.42 Å². The molecule has 2 nitrogen and oxygen atoms in total. The summed E-state index contributed by atoms with van der Waals surface area (Å²) in [6.45, 7) is 6.55. The van der Waals surface area contributed by atoms with Crippen molar-refractivity contribution in [3.8, 4) is 12.3 Å². The number of hydrogen-bond donors (Lipinski definition) is 0. The molecule has 1 unspecified atom stereocenters. The minimum atomic E-state index is 0.0209. The van der Waals surface area contributed by atoms with E-state index in [1.807, 2.05) is 6.92 Å². The van der Waals surface area contributed by atoms with Gasteiger partial charge in [0.15, 0.2) is 0 Å². The van der Waals surface area contributed by atoms with Gasteiger partial charge in [0.05, 0.1) is 6.10 Å². The molecule has 0 rings (SSSR count). The van der Waals surface area contributed by atoms with Crippen molar-refractivity contribution in [1.29, 1.82) is 0 Å². The highest BCUT2D eigenvalue weighted by atomic mass is 16.7. The number of rotatable bonds is 7. The summed E-state index contributed by atoms with van der Waals surface area (Å²) in [5, 5.41) is 0. The zero-order valence-electron chi connectivity index (χ0n) is 7.58. The van der Waals surface area contributed by atoms with E-state index < -0.39 is 0 Å². The Labute approximate surface area is 74.6 Å². The van der Waals surface area contributed by atoms with Crippen molar-refractivity contribution in [3.05, 3.63) is 12.7 Å². The maximum absolute atomic E-state index is 5.30. The van der Waals surface area contributed by atoms with Crippen LogP contribution >= 0.6 is 0 Å². The second-order valence-corrected chi connectivity index (χ2v) is 2.29. The maximum Gasteiger partial charge on any atom is 0.147 e. The Morgan fingerprint density at radius 3 is 2.92 bits per heavy atom. The second kappa shape index (κ2) is 8.32. The Bertz CT molecular complexity index is 146. The van der Waals surface area contributed by atoms with E-state index in [2.05, 4.69) is 12.5 Å². The van der Waals surface area contributed by atoms with Gasteiger partial charge in [0.25, 0.3) is 0 Å². The monoisotopic (exact) mass is 168 g/mol. The molecule has 0 saturated heterocycles. The van der Waals surface area contributed by atoms with E-state index in [0.29, 0.717) is 19.8 Å². The highest BCUT2D eigenvalue weighted by Crippen LogP contribution is 2.02. The van der Waals surface area contributed by atoms with Crippen LogP contribution in [0.1, 0.15) is 19.8 Å². The third kappa shape index (κ3) is 5.96. The molecule has 0 aliphatic heterocycles. The van der Waals surface area contributed by atoms with Crippen molar-refractivity contribution in [1.82, 2.24) is 0 Å². The topological polar surface area (TPSA) is 18.5 Å². The van der Waals surface area contributed by atoms with E-state index in [1.165, 1.54) is 0 Å². The lowest BCUT2D eigenvalue weighted by Crippen LogP contribution is -2.12. The van der Waals surface area contributed by atoms with Gasteiger partial charge in [0.1, 0.15) is 6.79 Å². The first-order chi connectivity index (χ1) is 5.85. The third-order valence-electron chi connectivity index (χ3n) is 1.41. The molecule has 0 radical (unpaired) electrons. The van der Waals surface area contributed by atoms with Crippen molar-refractivity contribution in [2.45, 2.75) is 25.9 Å². The molecule has 0 aliphatic carbocycles. The summed E-state index contributed by atoms with van der Waals surface area (Å²) in [4.78, 5) is 0. The third-order valence-corrected chi connectivity index (χ3v) is 1.41. The molecule has 0 aromatic heterocycles. The van der Waals surface area contributed by atoms with Crippen LogP contribution < -0.4 is 0 Å². The van der Waals surface area contributed by atoms with E-state index >= 15 is 0 Å². The summed E-state index contributed by atoms with van der Waals surface area (Å²) in [6.07, 6.45) is 8.41. The van der Waals surface area contributed by atoms with Crippen LogP contribution in [0.3, 0.4) is 0 Å². The summed E-state index contributed by atoms with van der Waals surface area (Å²) in [6, 6.07) is 0. The predicted molar refractivity (Wildman–Crippen MR) is 49.6 cm³/mol. The molecular formula is C10H16O2. The fourth-order valence-electron chi connectivity index (χ4n) is 0.714. The van der Waals surface area contributed by atoms with E-state index in [-0.39, 0.29) is 6.10 Å². The lowest BCUT2D eigenvalue weighted by Gasteiger charge is -2.11. The van der Waals surface area contributed by atoms with Gasteiger partial charge < -0.3 is 9.47 Å². The summed E-state index contributed by atoms with van der Waals surface area (Å²) in [7, 11) is 0. The minimum absolute atomic E-state index is 0.0209. The molecule has 0 fully saturated rings. The lowest BCUT2D eigenvalue weighted by molar-refractivity contribution is -0.0728. The molecule has 0 amide bonds. The molecular weight excluding hydrogens is 152 g/mol. The van der Waals surface area contributed by atoms with Crippen molar-refractivity contribution in [3.63, 3.8) is 0 Å². The zero-order chi connectivity index (χ0) is 9.23. The first-order valence-corrected chi connectivity index (χ1v) is 4.10. The van der Waals surface area contributed by atoms with Crippen LogP contribution in [-0.4, -0.2) is 19.5 Å². The zero-order valence-corrected chi connectivity index (χ0v) is 7.58. The van der Waals surface area contributed by atoms with Gasteiger partial charge in [-0.2, -0.15) is 0 Å². The summed E-state index contributed by atoms with van der Waals surface area (Å²) in [5.74, 6) is 2.55. The van der Waals surface area contributed by atoms with Gasteiger partial charge in [-0.3, -0.25) is 0 Å². The summed E-state index contributed by atoms with van der Waals surface area (Å²) >= 11 is 0. The van der Waals surface area contributed by atoms with Crippen molar-refractivity contribution in [2.24, 2.45) is 0 Å². The summed E-state index contributed by atoms with van der Waals surface area (Å²) < 4.78 is 10.3. The van der Waals surface area contributed by atoms with E-state index in [4.69, 9.17) is 15.9 Å².